The largest absolute Gasteiger partial charge is 0.494 e. The van der Waals surface area contributed by atoms with Gasteiger partial charge in [0.2, 0.25) is 5.95 Å². The SMILES string of the molecule is COc1cc(OCc2ccnc(Nc3cccnc3)n2)cc2sc(N[C@H]3CCCC[C@@H]3O)nc12. The molecule has 2 atom stereocenters. The van der Waals surface area contributed by atoms with E-state index in [9.17, 15) is 5.11 Å². The topological polar surface area (TPSA) is 114 Å². The van der Waals surface area contributed by atoms with E-state index in [2.05, 4.69) is 25.6 Å². The fourth-order valence-corrected chi connectivity index (χ4v) is 4.95. The average molecular weight is 479 g/mol. The molecule has 9 nitrogen and oxygen atoms in total. The van der Waals surface area contributed by atoms with Gasteiger partial charge in [-0.1, -0.05) is 24.2 Å². The molecule has 0 spiro atoms. The Hall–Kier alpha value is -3.50. The lowest BCUT2D eigenvalue weighted by Gasteiger charge is -2.27. The number of aromatic nitrogens is 4. The van der Waals surface area contributed by atoms with Gasteiger partial charge in [0.05, 0.1) is 41.5 Å². The van der Waals surface area contributed by atoms with Crippen LogP contribution >= 0.6 is 11.3 Å². The molecule has 3 N–H and O–H groups in total. The van der Waals surface area contributed by atoms with E-state index >= 15 is 0 Å². The van der Waals surface area contributed by atoms with Gasteiger partial charge >= 0.3 is 0 Å². The van der Waals surface area contributed by atoms with Crippen molar-refractivity contribution in [1.82, 2.24) is 19.9 Å². The second-order valence-corrected chi connectivity index (χ2v) is 9.15. The normalized spacial score (nSPS) is 17.9. The number of nitrogens with one attached hydrogen (secondary N) is 2. The predicted molar refractivity (Wildman–Crippen MR) is 132 cm³/mol. The van der Waals surface area contributed by atoms with Crippen LogP contribution in [0.3, 0.4) is 0 Å². The molecule has 0 radical (unpaired) electrons. The Morgan fingerprint density at radius 3 is 2.88 bits per heavy atom. The van der Waals surface area contributed by atoms with Gasteiger partial charge in [-0.25, -0.2) is 15.0 Å². The molecule has 34 heavy (non-hydrogen) atoms. The molecule has 0 bridgehead atoms. The zero-order valence-corrected chi connectivity index (χ0v) is 19.6. The fraction of sp³-hybridized carbons (Fsp3) is 0.333. The number of hydrogen-bond donors (Lipinski definition) is 3. The number of aliphatic hydroxyl groups is 1. The van der Waals surface area contributed by atoms with Crippen molar-refractivity contribution < 1.29 is 14.6 Å². The number of fused-ring (bicyclic) bond motifs is 1. The Morgan fingerprint density at radius 1 is 1.15 bits per heavy atom. The van der Waals surface area contributed by atoms with E-state index in [1.807, 2.05) is 30.3 Å². The molecule has 5 rings (SSSR count). The van der Waals surface area contributed by atoms with E-state index in [4.69, 9.17) is 14.5 Å². The van der Waals surface area contributed by atoms with Crippen LogP contribution in [0.2, 0.25) is 0 Å². The van der Waals surface area contributed by atoms with Crippen LogP contribution in [0.15, 0.2) is 48.9 Å². The Kier molecular flexibility index (Phi) is 6.68. The van der Waals surface area contributed by atoms with Crippen molar-refractivity contribution in [2.45, 2.75) is 44.4 Å². The molecular formula is C24H26N6O3S. The maximum atomic E-state index is 10.3. The molecule has 1 fully saturated rings. The minimum absolute atomic E-state index is 0.0308. The summed E-state index contributed by atoms with van der Waals surface area (Å²) in [4.78, 5) is 17.6. The number of rotatable bonds is 8. The van der Waals surface area contributed by atoms with Crippen molar-refractivity contribution in [2.75, 3.05) is 17.7 Å². The zero-order chi connectivity index (χ0) is 23.3. The molecule has 3 aromatic heterocycles. The number of ether oxygens (including phenoxy) is 2. The minimum atomic E-state index is -0.341. The molecule has 1 aromatic carbocycles. The minimum Gasteiger partial charge on any atom is -0.494 e. The van der Waals surface area contributed by atoms with Crippen LogP contribution in [0, 0.1) is 0 Å². The van der Waals surface area contributed by atoms with Crippen molar-refractivity contribution in [3.63, 3.8) is 0 Å². The maximum Gasteiger partial charge on any atom is 0.227 e. The van der Waals surface area contributed by atoms with Gasteiger partial charge in [0, 0.05) is 18.5 Å². The third-order valence-corrected chi connectivity index (χ3v) is 6.64. The lowest BCUT2D eigenvalue weighted by molar-refractivity contribution is 0.116. The quantitative estimate of drug-likeness (QED) is 0.336. The Bertz CT molecular complexity index is 1250. The van der Waals surface area contributed by atoms with Gasteiger partial charge in [0.1, 0.15) is 23.6 Å². The zero-order valence-electron chi connectivity index (χ0n) is 18.8. The van der Waals surface area contributed by atoms with Gasteiger partial charge in [-0.15, -0.1) is 0 Å². The summed E-state index contributed by atoms with van der Waals surface area (Å²) in [5.41, 5.74) is 2.32. The Balaban J connectivity index is 1.29. The summed E-state index contributed by atoms with van der Waals surface area (Å²) >= 11 is 1.53. The molecule has 1 saturated carbocycles. The first-order valence-corrected chi connectivity index (χ1v) is 12.0. The number of anilines is 3. The van der Waals surface area contributed by atoms with E-state index < -0.39 is 0 Å². The number of pyridine rings is 1. The van der Waals surface area contributed by atoms with Crippen molar-refractivity contribution in [3.8, 4) is 11.5 Å². The van der Waals surface area contributed by atoms with Crippen LogP contribution < -0.4 is 20.1 Å². The highest BCUT2D eigenvalue weighted by molar-refractivity contribution is 7.22. The van der Waals surface area contributed by atoms with Gasteiger partial charge in [-0.05, 0) is 37.1 Å². The van der Waals surface area contributed by atoms with Crippen LogP contribution in [0.25, 0.3) is 10.2 Å². The van der Waals surface area contributed by atoms with Crippen LogP contribution in [0.5, 0.6) is 11.5 Å². The second-order valence-electron chi connectivity index (χ2n) is 8.12. The first kappa shape index (κ1) is 22.3. The highest BCUT2D eigenvalue weighted by Crippen LogP contribution is 2.37. The van der Waals surface area contributed by atoms with Crippen molar-refractivity contribution in [3.05, 3.63) is 54.6 Å². The van der Waals surface area contributed by atoms with E-state index in [1.54, 1.807) is 25.7 Å². The second kappa shape index (κ2) is 10.2. The molecule has 10 heteroatoms. The first-order chi connectivity index (χ1) is 16.7. The summed E-state index contributed by atoms with van der Waals surface area (Å²) in [5, 5.41) is 17.6. The predicted octanol–water partition coefficient (Wildman–Crippen LogP) is 4.53. The molecule has 1 aliphatic rings. The summed E-state index contributed by atoms with van der Waals surface area (Å²) in [5.74, 6) is 1.78. The third kappa shape index (κ3) is 5.18. The summed E-state index contributed by atoms with van der Waals surface area (Å²) < 4.78 is 12.6. The molecular weight excluding hydrogens is 452 g/mol. The Morgan fingerprint density at radius 2 is 2.06 bits per heavy atom. The Labute approximate surface area is 201 Å². The first-order valence-electron chi connectivity index (χ1n) is 11.2. The van der Waals surface area contributed by atoms with Crippen molar-refractivity contribution in [2.24, 2.45) is 0 Å². The number of hydrogen-bond acceptors (Lipinski definition) is 10. The van der Waals surface area contributed by atoms with Gasteiger partial charge in [0.25, 0.3) is 0 Å². The highest BCUT2D eigenvalue weighted by Gasteiger charge is 2.24. The summed E-state index contributed by atoms with van der Waals surface area (Å²) in [6.45, 7) is 0.275. The highest BCUT2D eigenvalue weighted by atomic mass is 32.1. The van der Waals surface area contributed by atoms with E-state index in [-0.39, 0.29) is 18.8 Å². The molecule has 0 aliphatic heterocycles. The third-order valence-electron chi connectivity index (χ3n) is 5.71. The number of nitrogens with zero attached hydrogens (tertiary/aromatic N) is 4. The molecule has 176 valence electrons. The van der Waals surface area contributed by atoms with Gasteiger partial charge in [0.15, 0.2) is 5.13 Å². The van der Waals surface area contributed by atoms with E-state index in [1.165, 1.54) is 11.3 Å². The molecule has 0 unspecified atom stereocenters. The monoisotopic (exact) mass is 478 g/mol. The summed E-state index contributed by atoms with van der Waals surface area (Å²) in [6.07, 6.45) is 8.72. The molecule has 3 heterocycles. The maximum absolute atomic E-state index is 10.3. The lowest BCUT2D eigenvalue weighted by Crippen LogP contribution is -2.36. The van der Waals surface area contributed by atoms with Crippen molar-refractivity contribution in [1.29, 1.82) is 0 Å². The fourth-order valence-electron chi connectivity index (χ4n) is 3.97. The number of thiazole rings is 1. The standard InChI is InChI=1S/C24H26N6O3S/c1-32-20-11-17(12-21-22(20)30-24(34-21)29-18-6-2-3-7-19(18)31)33-14-16-8-10-26-23(28-16)27-15-5-4-9-25-13-15/h4-5,8-13,18-19,31H,2-3,6-7,14H2,1H3,(H,29,30)(H,26,27,28)/t18-,19-/m0/s1. The van der Waals surface area contributed by atoms with Crippen LogP contribution in [0.4, 0.5) is 16.8 Å². The van der Waals surface area contributed by atoms with Gasteiger partial charge in [-0.2, -0.15) is 0 Å². The summed E-state index contributed by atoms with van der Waals surface area (Å²) in [6, 6.07) is 9.37. The van der Waals surface area contributed by atoms with Crippen molar-refractivity contribution >= 4 is 38.3 Å². The summed E-state index contributed by atoms with van der Waals surface area (Å²) in [7, 11) is 1.62. The van der Waals surface area contributed by atoms with E-state index in [0.717, 1.165) is 52.4 Å². The van der Waals surface area contributed by atoms with Crippen LogP contribution in [0.1, 0.15) is 31.4 Å². The number of aliphatic hydroxyl groups excluding tert-OH is 1. The van der Waals surface area contributed by atoms with Gasteiger partial charge < -0.3 is 25.2 Å². The van der Waals surface area contributed by atoms with Crippen LogP contribution in [-0.4, -0.2) is 44.3 Å². The number of methoxy groups -OCH3 is 1. The molecule has 0 saturated heterocycles. The average Bonchev–Trinajstić information content (AvgIpc) is 3.27. The van der Waals surface area contributed by atoms with E-state index in [0.29, 0.717) is 17.4 Å². The molecule has 1 aliphatic carbocycles. The number of benzene rings is 1. The van der Waals surface area contributed by atoms with Crippen LogP contribution in [-0.2, 0) is 6.61 Å². The van der Waals surface area contributed by atoms with Gasteiger partial charge in [-0.3, -0.25) is 4.98 Å². The lowest BCUT2D eigenvalue weighted by atomic mass is 9.93. The molecule has 4 aromatic rings. The molecule has 0 amide bonds. The smallest absolute Gasteiger partial charge is 0.227 e.